The number of ether oxygens (including phenoxy) is 2. The van der Waals surface area contributed by atoms with Crippen molar-refractivity contribution in [1.82, 2.24) is 30.0 Å². The standard InChI is InChI=1S/C28H34ClN3O.C20H26ClN3.C8H9BrO.ClH/c1-2-32(28(27-10-6-7-17-30-27)24-11-13-25(29)14-12-24)22-23-15-18-31(19-16-23)20-21-33-26-8-4-3-5-9-26;1-2-24(15-16-10-13-22-14-11-16)20(19-5-3-4-12-23-19)17-6-8-18(21)9-7-17;9-6-7-10-8-4-2-1-3-5-8;/h3-14,17,23,28H,2,15-16,18-22H2,1H3;3-9,12,16,20,22H,2,10-11,13-15H2,1H3;1-5H,6-7H2;1H. The number of likely N-dealkylation sites (tertiary alicyclic amines) is 1. The number of halogens is 4. The Morgan fingerprint density at radius 1 is 0.588 bits per heavy atom. The minimum atomic E-state index is 0. The molecule has 2 fully saturated rings. The summed E-state index contributed by atoms with van der Waals surface area (Å²) in [5.74, 6) is 3.33. The molecule has 2 aliphatic heterocycles. The molecule has 4 aromatic carbocycles. The Labute approximate surface area is 431 Å². The number of piperidine rings is 2. The number of hydrogen-bond donors (Lipinski definition) is 1. The summed E-state index contributed by atoms with van der Waals surface area (Å²) in [4.78, 5) is 17.0. The Morgan fingerprint density at radius 3 is 1.43 bits per heavy atom. The lowest BCUT2D eigenvalue weighted by Crippen LogP contribution is -2.41. The fraction of sp³-hybridized carbons (Fsp3) is 0.393. The first-order valence-corrected chi connectivity index (χ1v) is 26.0. The summed E-state index contributed by atoms with van der Waals surface area (Å²) in [5, 5.41) is 5.88. The average Bonchev–Trinajstić information content (AvgIpc) is 3.39. The van der Waals surface area contributed by atoms with E-state index in [1.54, 1.807) is 0 Å². The molecule has 0 aliphatic carbocycles. The highest BCUT2D eigenvalue weighted by Crippen LogP contribution is 2.32. The molecule has 6 aromatic rings. The lowest BCUT2D eigenvalue weighted by molar-refractivity contribution is 0.118. The molecule has 0 spiro atoms. The van der Waals surface area contributed by atoms with E-state index in [0.29, 0.717) is 5.92 Å². The van der Waals surface area contributed by atoms with Gasteiger partial charge in [-0.25, -0.2) is 0 Å². The van der Waals surface area contributed by atoms with Crippen LogP contribution < -0.4 is 14.8 Å². The van der Waals surface area contributed by atoms with Gasteiger partial charge in [-0.2, -0.15) is 0 Å². The van der Waals surface area contributed by atoms with Crippen molar-refractivity contribution < 1.29 is 9.47 Å². The van der Waals surface area contributed by atoms with Gasteiger partial charge in [0.2, 0.25) is 0 Å². The maximum atomic E-state index is 6.17. The van der Waals surface area contributed by atoms with Crippen molar-refractivity contribution >= 4 is 51.5 Å². The smallest absolute Gasteiger partial charge is 0.119 e. The van der Waals surface area contributed by atoms with Crippen molar-refractivity contribution in [2.24, 2.45) is 11.8 Å². The Morgan fingerprint density at radius 2 is 1.01 bits per heavy atom. The molecule has 2 aliphatic rings. The van der Waals surface area contributed by atoms with Crippen LogP contribution in [0, 0.1) is 11.8 Å². The number of alkyl halides is 1. The molecule has 0 saturated carbocycles. The van der Waals surface area contributed by atoms with Gasteiger partial charge in [-0.15, -0.1) is 12.4 Å². The monoisotopic (exact) mass is 1040 g/mol. The summed E-state index contributed by atoms with van der Waals surface area (Å²) >= 11 is 15.6. The lowest BCUT2D eigenvalue weighted by Gasteiger charge is -2.37. The average molecular weight is 1050 g/mol. The van der Waals surface area contributed by atoms with Crippen LogP contribution in [0.15, 0.2) is 158 Å². The molecule has 68 heavy (non-hydrogen) atoms. The maximum Gasteiger partial charge on any atom is 0.119 e. The van der Waals surface area contributed by atoms with Crippen LogP contribution in [0.4, 0.5) is 0 Å². The minimum Gasteiger partial charge on any atom is -0.493 e. The van der Waals surface area contributed by atoms with Crippen molar-refractivity contribution in [3.63, 3.8) is 0 Å². The first-order valence-electron chi connectivity index (χ1n) is 24.1. The molecular formula is C56H70BrCl3N6O2. The lowest BCUT2D eigenvalue weighted by atomic mass is 9.93. The molecule has 2 aromatic heterocycles. The SMILES string of the molecule is BrCCOc1ccccc1.CCN(CC1CCN(CCOc2ccccc2)CC1)C(c1ccc(Cl)cc1)c1ccccn1.CCN(CC1CCNCC1)C(c1ccc(Cl)cc1)c1ccccn1.Cl. The summed E-state index contributed by atoms with van der Waals surface area (Å²) < 4.78 is 11.2. The number of nitrogens with one attached hydrogen (secondary N) is 1. The Balaban J connectivity index is 0.000000215. The van der Waals surface area contributed by atoms with E-state index in [1.807, 2.05) is 109 Å². The summed E-state index contributed by atoms with van der Waals surface area (Å²) in [6, 6.07) is 49.0. The Kier molecular flexibility index (Phi) is 25.2. The molecule has 2 unspecified atom stereocenters. The van der Waals surface area contributed by atoms with Crippen LogP contribution in [0.5, 0.6) is 11.5 Å². The number of para-hydroxylation sites is 2. The minimum absolute atomic E-state index is 0. The summed E-state index contributed by atoms with van der Waals surface area (Å²) in [7, 11) is 0. The highest BCUT2D eigenvalue weighted by atomic mass is 79.9. The van der Waals surface area contributed by atoms with Gasteiger partial charge in [-0.1, -0.05) is 126 Å². The third kappa shape index (κ3) is 18.4. The molecule has 12 heteroatoms. The zero-order valence-corrected chi connectivity index (χ0v) is 43.6. The molecule has 0 bridgehead atoms. The van der Waals surface area contributed by atoms with Crippen LogP contribution in [-0.2, 0) is 0 Å². The number of pyridine rings is 2. The molecular weight excluding hydrogens is 975 g/mol. The quantitative estimate of drug-likeness (QED) is 0.0805. The van der Waals surface area contributed by atoms with Crippen LogP contribution in [0.25, 0.3) is 0 Å². The highest BCUT2D eigenvalue weighted by molar-refractivity contribution is 9.09. The second kappa shape index (κ2) is 31.2. The van der Waals surface area contributed by atoms with Gasteiger partial charge in [0, 0.05) is 47.4 Å². The van der Waals surface area contributed by atoms with E-state index in [9.17, 15) is 0 Å². The molecule has 2 atom stereocenters. The van der Waals surface area contributed by atoms with Gasteiger partial charge in [0.1, 0.15) is 18.1 Å². The topological polar surface area (TPSA) is 66.0 Å². The predicted octanol–water partition coefficient (Wildman–Crippen LogP) is 13.0. The normalized spacial score (nSPS) is 15.2. The Bertz CT molecular complexity index is 2190. The van der Waals surface area contributed by atoms with Crippen LogP contribution in [0.2, 0.25) is 10.0 Å². The van der Waals surface area contributed by atoms with Crippen LogP contribution in [-0.4, -0.2) is 102 Å². The highest BCUT2D eigenvalue weighted by Gasteiger charge is 2.28. The van der Waals surface area contributed by atoms with Crippen molar-refractivity contribution in [1.29, 1.82) is 0 Å². The van der Waals surface area contributed by atoms with E-state index in [4.69, 9.17) is 37.7 Å². The van der Waals surface area contributed by atoms with E-state index >= 15 is 0 Å². The maximum absolute atomic E-state index is 6.17. The zero-order chi connectivity index (χ0) is 46.9. The molecule has 0 amide bonds. The predicted molar refractivity (Wildman–Crippen MR) is 289 cm³/mol. The van der Waals surface area contributed by atoms with Gasteiger partial charge in [-0.3, -0.25) is 24.7 Å². The number of nitrogens with zero attached hydrogens (tertiary/aromatic N) is 5. The zero-order valence-electron chi connectivity index (χ0n) is 39.7. The summed E-state index contributed by atoms with van der Waals surface area (Å²) in [5.41, 5.74) is 4.71. The van der Waals surface area contributed by atoms with E-state index in [1.165, 1.54) is 36.8 Å². The van der Waals surface area contributed by atoms with Gasteiger partial charge in [-0.05, 0) is 161 Å². The molecule has 8 rings (SSSR count). The van der Waals surface area contributed by atoms with E-state index in [2.05, 4.69) is 103 Å². The molecule has 2 saturated heterocycles. The molecule has 4 heterocycles. The third-order valence-corrected chi connectivity index (χ3v) is 13.3. The molecule has 364 valence electrons. The van der Waals surface area contributed by atoms with Gasteiger partial charge < -0.3 is 14.8 Å². The second-order valence-corrected chi connectivity index (χ2v) is 18.7. The fourth-order valence-electron chi connectivity index (χ4n) is 8.94. The van der Waals surface area contributed by atoms with Crippen molar-refractivity contribution in [3.8, 4) is 11.5 Å². The third-order valence-electron chi connectivity index (χ3n) is 12.5. The molecule has 8 nitrogen and oxygen atoms in total. The number of aromatic nitrogens is 2. The number of hydrogen-bond acceptors (Lipinski definition) is 8. The van der Waals surface area contributed by atoms with Gasteiger partial charge in [0.15, 0.2) is 0 Å². The van der Waals surface area contributed by atoms with E-state index in [0.717, 1.165) is 116 Å². The molecule has 1 N–H and O–H groups in total. The fourth-order valence-corrected chi connectivity index (χ4v) is 9.35. The van der Waals surface area contributed by atoms with Crippen molar-refractivity contribution in [2.45, 2.75) is 51.6 Å². The van der Waals surface area contributed by atoms with Gasteiger partial charge in [0.25, 0.3) is 0 Å². The number of benzene rings is 4. The van der Waals surface area contributed by atoms with Gasteiger partial charge >= 0.3 is 0 Å². The van der Waals surface area contributed by atoms with Crippen molar-refractivity contribution in [2.75, 3.05) is 77.4 Å². The van der Waals surface area contributed by atoms with Crippen molar-refractivity contribution in [3.05, 3.63) is 191 Å². The van der Waals surface area contributed by atoms with Crippen LogP contribution >= 0.6 is 51.5 Å². The Hall–Kier alpha value is -4.03. The summed E-state index contributed by atoms with van der Waals surface area (Å²) in [6.07, 6.45) is 8.73. The summed E-state index contributed by atoms with van der Waals surface area (Å²) in [6.45, 7) is 15.7. The second-order valence-electron chi connectivity index (χ2n) is 17.1. The first-order chi connectivity index (χ1) is 32.9. The van der Waals surface area contributed by atoms with E-state index in [-0.39, 0.29) is 24.5 Å². The molecule has 0 radical (unpaired) electrons. The van der Waals surface area contributed by atoms with E-state index < -0.39 is 0 Å². The first kappa shape index (κ1) is 54.9. The largest absolute Gasteiger partial charge is 0.493 e. The number of rotatable bonds is 19. The van der Waals surface area contributed by atoms with Crippen LogP contribution in [0.1, 0.15) is 74.1 Å². The van der Waals surface area contributed by atoms with Crippen LogP contribution in [0.3, 0.4) is 0 Å². The van der Waals surface area contributed by atoms with Gasteiger partial charge in [0.05, 0.1) is 30.1 Å².